The Morgan fingerprint density at radius 1 is 1.13 bits per heavy atom. The van der Waals surface area contributed by atoms with Crippen molar-refractivity contribution in [2.75, 3.05) is 11.9 Å². The van der Waals surface area contributed by atoms with Crippen LogP contribution in [0, 0.1) is 13.8 Å². The average Bonchev–Trinajstić information content (AvgIpc) is 3.16. The van der Waals surface area contributed by atoms with Crippen LogP contribution in [-0.4, -0.2) is 17.5 Å². The number of aryl methyl sites for hydroxylation is 2. The van der Waals surface area contributed by atoms with E-state index in [1.165, 1.54) is 0 Å². The van der Waals surface area contributed by atoms with E-state index >= 15 is 0 Å². The number of halogens is 3. The van der Waals surface area contributed by atoms with Crippen molar-refractivity contribution < 1.29 is 9.53 Å². The lowest BCUT2D eigenvalue weighted by Gasteiger charge is -2.14. The molecular weight excluding hydrogens is 564 g/mol. The van der Waals surface area contributed by atoms with E-state index in [0.29, 0.717) is 16.5 Å². The van der Waals surface area contributed by atoms with E-state index in [9.17, 15) is 4.79 Å². The van der Waals surface area contributed by atoms with Gasteiger partial charge in [0.1, 0.15) is 10.8 Å². The van der Waals surface area contributed by atoms with E-state index in [1.807, 2.05) is 62.4 Å². The summed E-state index contributed by atoms with van der Waals surface area (Å²) in [5.74, 6) is 0.339. The highest BCUT2D eigenvalue weighted by Crippen LogP contribution is 2.40. The van der Waals surface area contributed by atoms with E-state index in [-0.39, 0.29) is 12.5 Å². The van der Waals surface area contributed by atoms with Crippen LogP contribution in [0.5, 0.6) is 5.75 Å². The number of benzene rings is 3. The highest BCUT2D eigenvalue weighted by Gasteiger charge is 2.17. The second-order valence-corrected chi connectivity index (χ2v) is 10.2. The lowest BCUT2D eigenvalue weighted by molar-refractivity contribution is -0.118. The summed E-state index contributed by atoms with van der Waals surface area (Å²) >= 11 is 14.9. The molecule has 0 aliphatic rings. The van der Waals surface area contributed by atoms with Crippen molar-refractivity contribution in [3.05, 3.63) is 73.6 Å². The number of hydrogen-bond acceptors (Lipinski definition) is 4. The number of nitrogens with zero attached hydrogens (tertiary/aromatic N) is 1. The maximum atomic E-state index is 12.7. The molecule has 4 nitrogen and oxygen atoms in total. The summed E-state index contributed by atoms with van der Waals surface area (Å²) in [6, 6.07) is 15.4. The molecule has 0 aliphatic heterocycles. The second-order valence-electron chi connectivity index (χ2n) is 7.00. The van der Waals surface area contributed by atoms with Crippen molar-refractivity contribution in [3.8, 4) is 16.3 Å². The normalized spacial score (nSPS) is 11.0. The van der Waals surface area contributed by atoms with Crippen LogP contribution >= 0.6 is 54.8 Å². The third kappa shape index (κ3) is 4.95. The molecule has 1 aromatic heterocycles. The summed E-state index contributed by atoms with van der Waals surface area (Å²) in [5, 5.41) is 4.50. The molecule has 0 atom stereocenters. The molecule has 0 unspecified atom stereocenters. The monoisotopic (exact) mass is 578 g/mol. The third-order valence-electron chi connectivity index (χ3n) is 4.62. The molecule has 4 rings (SSSR count). The van der Waals surface area contributed by atoms with Gasteiger partial charge in [0.25, 0.3) is 5.91 Å². The fourth-order valence-corrected chi connectivity index (χ4v) is 5.59. The quantitative estimate of drug-likeness (QED) is 0.262. The summed E-state index contributed by atoms with van der Waals surface area (Å²) in [4.78, 5) is 17.4. The van der Waals surface area contributed by atoms with Crippen LogP contribution in [0.15, 0.2) is 57.5 Å². The zero-order chi connectivity index (χ0) is 22.1. The number of ether oxygens (including phenoxy) is 1. The molecule has 1 N–H and O–H groups in total. The molecule has 0 saturated heterocycles. The van der Waals surface area contributed by atoms with Crippen molar-refractivity contribution >= 4 is 76.6 Å². The molecule has 0 radical (unpaired) electrons. The first kappa shape index (κ1) is 22.3. The van der Waals surface area contributed by atoms with Crippen molar-refractivity contribution in [2.45, 2.75) is 13.8 Å². The van der Waals surface area contributed by atoms with Gasteiger partial charge in [-0.05, 0) is 77.3 Å². The van der Waals surface area contributed by atoms with E-state index in [2.05, 4.69) is 37.2 Å². The highest BCUT2D eigenvalue weighted by molar-refractivity contribution is 9.11. The first-order valence-corrected chi connectivity index (χ1v) is 12.1. The Kier molecular flexibility index (Phi) is 6.67. The van der Waals surface area contributed by atoms with Crippen LogP contribution in [0.1, 0.15) is 11.1 Å². The lowest BCUT2D eigenvalue weighted by Crippen LogP contribution is -2.21. The fraction of sp³-hybridized carbons (Fsp3) is 0.130. The Balaban J connectivity index is 1.58. The van der Waals surface area contributed by atoms with Crippen LogP contribution in [-0.2, 0) is 4.79 Å². The van der Waals surface area contributed by atoms with Crippen LogP contribution in [0.25, 0.3) is 20.8 Å². The fourth-order valence-electron chi connectivity index (χ4n) is 3.17. The summed E-state index contributed by atoms with van der Waals surface area (Å²) in [6.45, 7) is 3.69. The smallest absolute Gasteiger partial charge is 0.262 e. The SMILES string of the molecule is Cc1cc(OCC(=O)Nc2c(Br)cc(Br)cc2-c2nc3ccccc3s2)cc(C)c1Cl. The second kappa shape index (κ2) is 9.28. The number of para-hydroxylation sites is 1. The minimum atomic E-state index is -0.268. The van der Waals surface area contributed by atoms with Gasteiger partial charge in [0.05, 0.1) is 15.9 Å². The first-order chi connectivity index (χ1) is 14.8. The Bertz CT molecular complexity index is 1250. The number of fused-ring (bicyclic) bond motifs is 1. The number of aromatic nitrogens is 1. The predicted octanol–water partition coefficient (Wildman–Crippen LogP) is 7.78. The zero-order valence-electron chi connectivity index (χ0n) is 16.6. The van der Waals surface area contributed by atoms with Gasteiger partial charge in [-0.25, -0.2) is 4.98 Å². The Morgan fingerprint density at radius 3 is 2.55 bits per heavy atom. The molecule has 0 saturated carbocycles. The van der Waals surface area contributed by atoms with Crippen molar-refractivity contribution in [2.24, 2.45) is 0 Å². The standard InChI is InChI=1S/C23H17Br2ClN2O2S/c1-12-7-15(8-13(2)21(12)26)30-11-20(29)28-22-16(9-14(24)10-17(22)25)23-27-18-5-3-4-6-19(18)31-23/h3-10H,11H2,1-2H3,(H,28,29). The molecule has 0 spiro atoms. The number of nitrogens with one attached hydrogen (secondary N) is 1. The largest absolute Gasteiger partial charge is 0.484 e. The van der Waals surface area contributed by atoms with Gasteiger partial charge in [0.15, 0.2) is 6.61 Å². The first-order valence-electron chi connectivity index (χ1n) is 9.36. The number of amides is 1. The lowest BCUT2D eigenvalue weighted by atomic mass is 10.1. The van der Waals surface area contributed by atoms with E-state index < -0.39 is 0 Å². The van der Waals surface area contributed by atoms with Crippen LogP contribution in [0.4, 0.5) is 5.69 Å². The molecule has 1 heterocycles. The van der Waals surface area contributed by atoms with Gasteiger partial charge in [0.2, 0.25) is 0 Å². The van der Waals surface area contributed by atoms with Gasteiger partial charge in [-0.3, -0.25) is 4.79 Å². The number of thiazole rings is 1. The van der Waals surface area contributed by atoms with E-state index in [1.54, 1.807) is 11.3 Å². The van der Waals surface area contributed by atoms with Crippen LogP contribution in [0.3, 0.4) is 0 Å². The van der Waals surface area contributed by atoms with Crippen molar-refractivity contribution in [3.63, 3.8) is 0 Å². The Morgan fingerprint density at radius 2 is 1.84 bits per heavy atom. The van der Waals surface area contributed by atoms with Gasteiger partial charge >= 0.3 is 0 Å². The topological polar surface area (TPSA) is 51.2 Å². The van der Waals surface area contributed by atoms with E-state index in [0.717, 1.165) is 40.9 Å². The molecule has 1 amide bonds. The van der Waals surface area contributed by atoms with Crippen molar-refractivity contribution in [1.82, 2.24) is 4.98 Å². The molecule has 4 aromatic rings. The maximum Gasteiger partial charge on any atom is 0.262 e. The van der Waals surface area contributed by atoms with Crippen LogP contribution in [0.2, 0.25) is 5.02 Å². The molecule has 158 valence electrons. The summed E-state index contributed by atoms with van der Waals surface area (Å²) in [7, 11) is 0. The predicted molar refractivity (Wildman–Crippen MR) is 136 cm³/mol. The van der Waals surface area contributed by atoms with Gasteiger partial charge in [0, 0.05) is 19.5 Å². The van der Waals surface area contributed by atoms with Crippen LogP contribution < -0.4 is 10.1 Å². The summed E-state index contributed by atoms with van der Waals surface area (Å²) in [6.07, 6.45) is 0. The molecule has 31 heavy (non-hydrogen) atoms. The zero-order valence-corrected chi connectivity index (χ0v) is 21.4. The van der Waals surface area contributed by atoms with Gasteiger partial charge < -0.3 is 10.1 Å². The number of hydrogen-bond donors (Lipinski definition) is 1. The summed E-state index contributed by atoms with van der Waals surface area (Å²) < 4.78 is 8.43. The van der Waals surface area contributed by atoms with Gasteiger partial charge in [-0.15, -0.1) is 11.3 Å². The average molecular weight is 581 g/mol. The number of carbonyl (C=O) groups is 1. The molecule has 0 aliphatic carbocycles. The molecule has 0 bridgehead atoms. The van der Waals surface area contributed by atoms with E-state index in [4.69, 9.17) is 21.3 Å². The number of carbonyl (C=O) groups excluding carboxylic acids is 1. The third-order valence-corrected chi connectivity index (χ3v) is 7.37. The number of anilines is 1. The Hall–Kier alpha value is -1.93. The minimum Gasteiger partial charge on any atom is -0.484 e. The molecule has 8 heteroatoms. The number of rotatable bonds is 5. The van der Waals surface area contributed by atoms with Crippen molar-refractivity contribution in [1.29, 1.82) is 0 Å². The highest BCUT2D eigenvalue weighted by atomic mass is 79.9. The van der Waals surface area contributed by atoms with Gasteiger partial charge in [-0.2, -0.15) is 0 Å². The van der Waals surface area contributed by atoms with Gasteiger partial charge in [-0.1, -0.05) is 39.7 Å². The molecular formula is C23H17Br2ClN2O2S. The minimum absolute atomic E-state index is 0.123. The maximum absolute atomic E-state index is 12.7. The summed E-state index contributed by atoms with van der Waals surface area (Å²) in [5.41, 5.74) is 4.22. The Labute approximate surface area is 205 Å². The molecule has 0 fully saturated rings. The molecule has 3 aromatic carbocycles.